The van der Waals surface area contributed by atoms with E-state index in [1.165, 1.54) is 0 Å². The molecule has 0 aliphatic rings. The first-order valence-electron chi connectivity index (χ1n) is 6.90. The van der Waals surface area contributed by atoms with E-state index < -0.39 is 0 Å². The largest absolute Gasteiger partial charge is 0.497 e. The van der Waals surface area contributed by atoms with E-state index in [4.69, 9.17) is 10.00 Å². The molecule has 0 saturated carbocycles. The molecular formula is C17H17N3O2. The molecule has 22 heavy (non-hydrogen) atoms. The molecule has 0 unspecified atom stereocenters. The van der Waals surface area contributed by atoms with Gasteiger partial charge in [-0.3, -0.25) is 4.79 Å². The monoisotopic (exact) mass is 295 g/mol. The number of ether oxygens (including phenoxy) is 1. The van der Waals surface area contributed by atoms with E-state index >= 15 is 0 Å². The van der Waals surface area contributed by atoms with Gasteiger partial charge in [0.25, 0.3) is 0 Å². The van der Waals surface area contributed by atoms with Gasteiger partial charge in [-0.2, -0.15) is 5.26 Å². The summed E-state index contributed by atoms with van der Waals surface area (Å²) < 4.78 is 5.06. The molecule has 0 aliphatic carbocycles. The summed E-state index contributed by atoms with van der Waals surface area (Å²) in [6.07, 6.45) is 0.311. The van der Waals surface area contributed by atoms with Crippen LogP contribution in [0.15, 0.2) is 48.5 Å². The van der Waals surface area contributed by atoms with Gasteiger partial charge in [0.2, 0.25) is 5.91 Å². The van der Waals surface area contributed by atoms with E-state index in [0.717, 1.165) is 17.1 Å². The van der Waals surface area contributed by atoms with E-state index in [1.807, 2.05) is 12.1 Å². The average molecular weight is 295 g/mol. The Kier molecular flexibility index (Phi) is 5.38. The van der Waals surface area contributed by atoms with Crippen LogP contribution in [-0.2, 0) is 4.79 Å². The highest BCUT2D eigenvalue weighted by molar-refractivity contribution is 5.91. The van der Waals surface area contributed by atoms with Crippen LogP contribution in [0.2, 0.25) is 0 Å². The molecule has 2 N–H and O–H groups in total. The molecule has 0 aliphatic heterocycles. The van der Waals surface area contributed by atoms with Crippen LogP contribution in [0.25, 0.3) is 0 Å². The summed E-state index contributed by atoms with van der Waals surface area (Å²) >= 11 is 0. The number of amides is 1. The molecule has 2 rings (SSSR count). The molecule has 112 valence electrons. The van der Waals surface area contributed by atoms with Crippen molar-refractivity contribution < 1.29 is 9.53 Å². The number of anilines is 2. The van der Waals surface area contributed by atoms with Crippen LogP contribution in [0.4, 0.5) is 11.4 Å². The third-order valence-electron chi connectivity index (χ3n) is 3.09. The topological polar surface area (TPSA) is 74.2 Å². The fraction of sp³-hybridized carbons (Fsp3) is 0.176. The molecule has 2 aromatic rings. The van der Waals surface area contributed by atoms with E-state index in [9.17, 15) is 4.79 Å². The lowest BCUT2D eigenvalue weighted by molar-refractivity contribution is -0.115. The third kappa shape index (κ3) is 4.25. The van der Waals surface area contributed by atoms with Gasteiger partial charge in [0, 0.05) is 18.7 Å². The molecule has 0 bridgehead atoms. The first kappa shape index (κ1) is 15.4. The van der Waals surface area contributed by atoms with Gasteiger partial charge in [0.15, 0.2) is 0 Å². The number of nitriles is 1. The fourth-order valence-electron chi connectivity index (χ4n) is 1.94. The lowest BCUT2D eigenvalue weighted by atomic mass is 10.2. The van der Waals surface area contributed by atoms with Crippen molar-refractivity contribution in [2.24, 2.45) is 0 Å². The molecular weight excluding hydrogens is 278 g/mol. The highest BCUT2D eigenvalue weighted by Gasteiger charge is 2.04. The van der Waals surface area contributed by atoms with Gasteiger partial charge in [-0.05, 0) is 36.4 Å². The highest BCUT2D eigenvalue weighted by Crippen LogP contribution is 2.16. The lowest BCUT2D eigenvalue weighted by Gasteiger charge is -2.09. The molecule has 2 aromatic carbocycles. The Balaban J connectivity index is 1.81. The number of carbonyl (C=O) groups excluding carboxylic acids is 1. The second-order valence-corrected chi connectivity index (χ2v) is 4.61. The van der Waals surface area contributed by atoms with Crippen LogP contribution in [-0.4, -0.2) is 19.6 Å². The third-order valence-corrected chi connectivity index (χ3v) is 3.09. The number of hydrogen-bond donors (Lipinski definition) is 2. The molecule has 0 saturated heterocycles. The zero-order valence-electron chi connectivity index (χ0n) is 12.3. The van der Waals surface area contributed by atoms with Crippen LogP contribution in [0.1, 0.15) is 12.0 Å². The predicted octanol–water partition coefficient (Wildman–Crippen LogP) is 3.01. The molecule has 0 aromatic heterocycles. The number of para-hydroxylation sites is 1. The first-order valence-corrected chi connectivity index (χ1v) is 6.90. The van der Waals surface area contributed by atoms with Crippen LogP contribution in [0.5, 0.6) is 5.75 Å². The number of carbonyl (C=O) groups is 1. The van der Waals surface area contributed by atoms with Crippen LogP contribution < -0.4 is 15.4 Å². The second kappa shape index (κ2) is 7.70. The number of rotatable bonds is 6. The van der Waals surface area contributed by atoms with Gasteiger partial charge in [0.1, 0.15) is 11.8 Å². The van der Waals surface area contributed by atoms with Crippen molar-refractivity contribution in [3.8, 4) is 11.8 Å². The Morgan fingerprint density at radius 1 is 1.18 bits per heavy atom. The van der Waals surface area contributed by atoms with Gasteiger partial charge in [-0.25, -0.2) is 0 Å². The van der Waals surface area contributed by atoms with Gasteiger partial charge >= 0.3 is 0 Å². The van der Waals surface area contributed by atoms with Crippen molar-refractivity contribution in [2.75, 3.05) is 24.3 Å². The van der Waals surface area contributed by atoms with Gasteiger partial charge < -0.3 is 15.4 Å². The van der Waals surface area contributed by atoms with Gasteiger partial charge in [-0.1, -0.05) is 12.1 Å². The Morgan fingerprint density at radius 2 is 1.91 bits per heavy atom. The van der Waals surface area contributed by atoms with Crippen LogP contribution >= 0.6 is 0 Å². The smallest absolute Gasteiger partial charge is 0.226 e. The fourth-order valence-corrected chi connectivity index (χ4v) is 1.94. The van der Waals surface area contributed by atoms with Crippen molar-refractivity contribution >= 4 is 17.3 Å². The summed E-state index contributed by atoms with van der Waals surface area (Å²) in [4.78, 5) is 11.9. The summed E-state index contributed by atoms with van der Waals surface area (Å²) in [5, 5.41) is 14.9. The van der Waals surface area contributed by atoms with E-state index in [1.54, 1.807) is 43.5 Å². The summed E-state index contributed by atoms with van der Waals surface area (Å²) in [6, 6.07) is 16.5. The van der Waals surface area contributed by atoms with Crippen molar-refractivity contribution in [1.29, 1.82) is 5.26 Å². The molecule has 1 amide bonds. The van der Waals surface area contributed by atoms with Crippen molar-refractivity contribution in [1.82, 2.24) is 0 Å². The zero-order chi connectivity index (χ0) is 15.8. The average Bonchev–Trinajstić information content (AvgIpc) is 2.56. The first-order chi connectivity index (χ1) is 10.7. The predicted molar refractivity (Wildman–Crippen MR) is 85.9 cm³/mol. The van der Waals surface area contributed by atoms with E-state index in [2.05, 4.69) is 16.7 Å². The maximum Gasteiger partial charge on any atom is 0.226 e. The molecule has 0 heterocycles. The number of hydrogen-bond acceptors (Lipinski definition) is 4. The molecule has 0 fully saturated rings. The summed E-state index contributed by atoms with van der Waals surface area (Å²) in [7, 11) is 1.60. The van der Waals surface area contributed by atoms with Crippen molar-refractivity contribution in [2.45, 2.75) is 6.42 Å². The summed E-state index contributed by atoms with van der Waals surface area (Å²) in [5.74, 6) is 0.653. The Morgan fingerprint density at radius 3 is 2.59 bits per heavy atom. The van der Waals surface area contributed by atoms with E-state index in [-0.39, 0.29) is 5.91 Å². The standard InChI is InChI=1S/C17H17N3O2/c1-22-15-8-6-14(7-9-15)20-17(21)10-11-19-16-5-3-2-4-13(16)12-18/h2-9,19H,10-11H2,1H3,(H,20,21). The SMILES string of the molecule is COc1ccc(NC(=O)CCNc2ccccc2C#N)cc1. The van der Waals surface area contributed by atoms with Gasteiger partial charge in [0.05, 0.1) is 18.4 Å². The molecule has 0 radical (unpaired) electrons. The van der Waals surface area contributed by atoms with Crippen LogP contribution in [0.3, 0.4) is 0 Å². The van der Waals surface area contributed by atoms with Crippen molar-refractivity contribution in [3.05, 3.63) is 54.1 Å². The minimum Gasteiger partial charge on any atom is -0.497 e. The second-order valence-electron chi connectivity index (χ2n) is 4.61. The molecule has 0 spiro atoms. The van der Waals surface area contributed by atoms with Crippen LogP contribution in [0, 0.1) is 11.3 Å². The number of benzene rings is 2. The highest BCUT2D eigenvalue weighted by atomic mass is 16.5. The van der Waals surface area contributed by atoms with Gasteiger partial charge in [-0.15, -0.1) is 0 Å². The maximum absolute atomic E-state index is 11.9. The Hall–Kier alpha value is -3.00. The minimum atomic E-state index is -0.0906. The number of nitrogens with one attached hydrogen (secondary N) is 2. The maximum atomic E-state index is 11.9. The minimum absolute atomic E-state index is 0.0906. The molecule has 5 heteroatoms. The summed E-state index contributed by atoms with van der Waals surface area (Å²) in [5.41, 5.74) is 2.03. The molecule has 0 atom stereocenters. The Bertz CT molecular complexity index is 675. The number of nitrogens with zero attached hydrogens (tertiary/aromatic N) is 1. The number of methoxy groups -OCH3 is 1. The van der Waals surface area contributed by atoms with E-state index in [0.29, 0.717) is 18.5 Å². The normalized spacial score (nSPS) is 9.64. The zero-order valence-corrected chi connectivity index (χ0v) is 12.3. The lowest BCUT2D eigenvalue weighted by Crippen LogP contribution is -2.16. The quantitative estimate of drug-likeness (QED) is 0.859. The Labute approximate surface area is 129 Å². The molecule has 5 nitrogen and oxygen atoms in total. The summed E-state index contributed by atoms with van der Waals surface area (Å²) in [6.45, 7) is 0.459. The van der Waals surface area contributed by atoms with Crippen molar-refractivity contribution in [3.63, 3.8) is 0 Å².